The number of carbonyl (C=O) groups excluding carboxylic acids is 1. The lowest BCUT2D eigenvalue weighted by molar-refractivity contribution is 0.0296. The molecule has 0 spiro atoms. The summed E-state index contributed by atoms with van der Waals surface area (Å²) < 4.78 is 10.4. The number of thiophene rings is 1. The highest BCUT2D eigenvalue weighted by molar-refractivity contribution is 7.08. The number of carbonyl (C=O) groups is 1. The molecular weight excluding hydrogens is 252 g/mol. The van der Waals surface area contributed by atoms with Crippen molar-refractivity contribution < 1.29 is 14.1 Å². The van der Waals surface area contributed by atoms with Gasteiger partial charge in [0.1, 0.15) is 0 Å². The summed E-state index contributed by atoms with van der Waals surface area (Å²) in [6.45, 7) is 2.39. The number of hydrogen-bond donors (Lipinski definition) is 0. The van der Waals surface area contributed by atoms with Crippen LogP contribution in [0, 0.1) is 0 Å². The Morgan fingerprint density at radius 2 is 2.22 bits per heavy atom. The van der Waals surface area contributed by atoms with E-state index in [4.69, 9.17) is 9.26 Å². The van der Waals surface area contributed by atoms with E-state index in [1.807, 2.05) is 16.8 Å². The molecule has 3 heterocycles. The van der Waals surface area contributed by atoms with E-state index < -0.39 is 0 Å². The lowest BCUT2D eigenvalue weighted by Crippen LogP contribution is -2.40. The first-order valence-corrected chi connectivity index (χ1v) is 6.65. The summed E-state index contributed by atoms with van der Waals surface area (Å²) in [5.74, 6) is 0.538. The third kappa shape index (κ3) is 2.16. The van der Waals surface area contributed by atoms with Crippen molar-refractivity contribution in [2.75, 3.05) is 26.3 Å². The second-order valence-corrected chi connectivity index (χ2v) is 4.77. The molecule has 18 heavy (non-hydrogen) atoms. The van der Waals surface area contributed by atoms with Crippen LogP contribution in [0.1, 0.15) is 10.5 Å². The summed E-state index contributed by atoms with van der Waals surface area (Å²) in [6, 6.07) is 3.63. The zero-order chi connectivity index (χ0) is 12.4. The fourth-order valence-electron chi connectivity index (χ4n) is 1.85. The van der Waals surface area contributed by atoms with Gasteiger partial charge in [-0.1, -0.05) is 5.16 Å². The minimum absolute atomic E-state index is 0.0940. The standard InChI is InChI=1S/C12H12N2O3S/c15-12(14-2-4-16-5-3-14)10-7-11(17-13-10)9-1-6-18-8-9/h1,6-8H,2-5H2. The quantitative estimate of drug-likeness (QED) is 0.831. The number of morpholine rings is 1. The zero-order valence-electron chi connectivity index (χ0n) is 9.67. The molecule has 1 aliphatic rings. The highest BCUT2D eigenvalue weighted by atomic mass is 32.1. The van der Waals surface area contributed by atoms with Gasteiger partial charge in [0.15, 0.2) is 11.5 Å². The molecule has 0 unspecified atom stereocenters. The molecule has 1 amide bonds. The van der Waals surface area contributed by atoms with Crippen molar-refractivity contribution in [2.45, 2.75) is 0 Å². The molecule has 1 aliphatic heterocycles. The van der Waals surface area contributed by atoms with Gasteiger partial charge in [-0.3, -0.25) is 4.79 Å². The highest BCUT2D eigenvalue weighted by Gasteiger charge is 2.22. The maximum absolute atomic E-state index is 12.1. The van der Waals surface area contributed by atoms with E-state index in [9.17, 15) is 4.79 Å². The first-order valence-electron chi connectivity index (χ1n) is 5.71. The first-order chi connectivity index (χ1) is 8.84. The zero-order valence-corrected chi connectivity index (χ0v) is 10.5. The Balaban J connectivity index is 1.78. The average Bonchev–Trinajstić information content (AvgIpc) is 3.09. The van der Waals surface area contributed by atoms with Crippen LogP contribution in [0.15, 0.2) is 27.4 Å². The molecule has 0 N–H and O–H groups in total. The monoisotopic (exact) mass is 264 g/mol. The predicted octanol–water partition coefficient (Wildman–Crippen LogP) is 1.88. The van der Waals surface area contributed by atoms with Crippen molar-refractivity contribution in [3.63, 3.8) is 0 Å². The molecule has 3 rings (SSSR count). The van der Waals surface area contributed by atoms with Gasteiger partial charge < -0.3 is 14.2 Å². The van der Waals surface area contributed by atoms with E-state index in [1.54, 1.807) is 22.3 Å². The van der Waals surface area contributed by atoms with E-state index in [-0.39, 0.29) is 5.91 Å². The van der Waals surface area contributed by atoms with E-state index >= 15 is 0 Å². The first kappa shape index (κ1) is 11.4. The van der Waals surface area contributed by atoms with Gasteiger partial charge in [-0.2, -0.15) is 11.3 Å². The van der Waals surface area contributed by atoms with E-state index in [2.05, 4.69) is 5.16 Å². The Morgan fingerprint density at radius 1 is 1.39 bits per heavy atom. The molecule has 1 fully saturated rings. The molecule has 2 aromatic heterocycles. The van der Waals surface area contributed by atoms with Crippen LogP contribution in [0.5, 0.6) is 0 Å². The van der Waals surface area contributed by atoms with Crippen LogP contribution in [0.3, 0.4) is 0 Å². The molecule has 0 bridgehead atoms. The van der Waals surface area contributed by atoms with Gasteiger partial charge in [-0.25, -0.2) is 0 Å². The fourth-order valence-corrected chi connectivity index (χ4v) is 2.49. The van der Waals surface area contributed by atoms with Gasteiger partial charge in [0.25, 0.3) is 5.91 Å². The van der Waals surface area contributed by atoms with Gasteiger partial charge in [0.05, 0.1) is 13.2 Å². The van der Waals surface area contributed by atoms with Crippen molar-refractivity contribution in [2.24, 2.45) is 0 Å². The van der Waals surface area contributed by atoms with Crippen molar-refractivity contribution in [1.29, 1.82) is 0 Å². The SMILES string of the molecule is O=C(c1cc(-c2ccsc2)on1)N1CCOCC1. The van der Waals surface area contributed by atoms with Crippen LogP contribution in [-0.2, 0) is 4.74 Å². The number of ether oxygens (including phenoxy) is 1. The van der Waals surface area contributed by atoms with E-state index in [0.29, 0.717) is 37.8 Å². The van der Waals surface area contributed by atoms with Gasteiger partial charge in [0, 0.05) is 30.1 Å². The summed E-state index contributed by atoms with van der Waals surface area (Å²) in [5, 5.41) is 7.77. The second-order valence-electron chi connectivity index (χ2n) is 3.99. The largest absolute Gasteiger partial charge is 0.378 e. The molecule has 0 aliphatic carbocycles. The number of nitrogens with zero attached hydrogens (tertiary/aromatic N) is 2. The number of hydrogen-bond acceptors (Lipinski definition) is 5. The number of amides is 1. The normalized spacial score (nSPS) is 15.9. The van der Waals surface area contributed by atoms with Crippen LogP contribution in [0.2, 0.25) is 0 Å². The van der Waals surface area contributed by atoms with Crippen LogP contribution in [0.25, 0.3) is 11.3 Å². The molecular formula is C12H12N2O3S. The van der Waals surface area contributed by atoms with Crippen LogP contribution >= 0.6 is 11.3 Å². The predicted molar refractivity (Wildman–Crippen MR) is 66.5 cm³/mol. The molecule has 0 saturated carbocycles. The van der Waals surface area contributed by atoms with Crippen LogP contribution in [0.4, 0.5) is 0 Å². The van der Waals surface area contributed by atoms with E-state index in [1.165, 1.54) is 0 Å². The van der Waals surface area contributed by atoms with Crippen molar-refractivity contribution in [1.82, 2.24) is 10.1 Å². The number of rotatable bonds is 2. The molecule has 2 aromatic rings. The third-order valence-corrected chi connectivity index (χ3v) is 3.52. The maximum Gasteiger partial charge on any atom is 0.276 e. The average molecular weight is 264 g/mol. The second kappa shape index (κ2) is 4.91. The molecule has 0 aromatic carbocycles. The summed E-state index contributed by atoms with van der Waals surface area (Å²) >= 11 is 1.58. The van der Waals surface area contributed by atoms with E-state index in [0.717, 1.165) is 5.56 Å². The third-order valence-electron chi connectivity index (χ3n) is 2.83. The minimum Gasteiger partial charge on any atom is -0.378 e. The summed E-state index contributed by atoms with van der Waals surface area (Å²) in [7, 11) is 0. The molecule has 5 nitrogen and oxygen atoms in total. The van der Waals surface area contributed by atoms with Gasteiger partial charge in [-0.15, -0.1) is 0 Å². The maximum atomic E-state index is 12.1. The fraction of sp³-hybridized carbons (Fsp3) is 0.333. The van der Waals surface area contributed by atoms with Crippen LogP contribution < -0.4 is 0 Å². The lowest BCUT2D eigenvalue weighted by atomic mass is 10.2. The molecule has 0 atom stereocenters. The Morgan fingerprint density at radius 3 is 2.94 bits per heavy atom. The molecule has 1 saturated heterocycles. The summed E-state index contributed by atoms with van der Waals surface area (Å²) in [4.78, 5) is 13.9. The summed E-state index contributed by atoms with van der Waals surface area (Å²) in [6.07, 6.45) is 0. The Labute approximate surface area is 108 Å². The topological polar surface area (TPSA) is 55.6 Å². The van der Waals surface area contributed by atoms with Crippen molar-refractivity contribution >= 4 is 17.2 Å². The van der Waals surface area contributed by atoms with Gasteiger partial charge >= 0.3 is 0 Å². The molecule has 6 heteroatoms. The smallest absolute Gasteiger partial charge is 0.276 e. The Hall–Kier alpha value is -1.66. The van der Waals surface area contributed by atoms with Gasteiger partial charge in [-0.05, 0) is 11.4 Å². The Bertz CT molecular complexity index is 529. The highest BCUT2D eigenvalue weighted by Crippen LogP contribution is 2.23. The minimum atomic E-state index is -0.0940. The lowest BCUT2D eigenvalue weighted by Gasteiger charge is -2.25. The van der Waals surface area contributed by atoms with Crippen molar-refractivity contribution in [3.05, 3.63) is 28.6 Å². The van der Waals surface area contributed by atoms with Crippen molar-refractivity contribution in [3.8, 4) is 11.3 Å². The molecule has 0 radical (unpaired) electrons. The number of aromatic nitrogens is 1. The molecule has 94 valence electrons. The Kier molecular flexibility index (Phi) is 3.12. The van der Waals surface area contributed by atoms with Crippen LogP contribution in [-0.4, -0.2) is 42.3 Å². The summed E-state index contributed by atoms with van der Waals surface area (Å²) in [5.41, 5.74) is 1.31. The van der Waals surface area contributed by atoms with Gasteiger partial charge in [0.2, 0.25) is 0 Å².